The molecule has 1 atom stereocenters. The summed E-state index contributed by atoms with van der Waals surface area (Å²) in [6, 6.07) is 10.2. The Balaban J connectivity index is 0.00000182. The van der Waals surface area contributed by atoms with Gasteiger partial charge in [-0.2, -0.15) is 0 Å². The molecule has 3 rings (SSSR count). The smallest absolute Gasteiger partial charge is 0.237 e. The van der Waals surface area contributed by atoms with Gasteiger partial charge in [-0.15, -0.1) is 24.8 Å². The maximum atomic E-state index is 12.3. The third-order valence-electron chi connectivity index (χ3n) is 5.60. The normalized spacial score (nSPS) is 20.2. The van der Waals surface area contributed by atoms with Crippen molar-refractivity contribution in [2.75, 3.05) is 32.8 Å². The molecule has 2 aliphatic heterocycles. The lowest BCUT2D eigenvalue weighted by atomic mass is 9.91. The van der Waals surface area contributed by atoms with E-state index in [-0.39, 0.29) is 42.7 Å². The topological polar surface area (TPSA) is 67.6 Å². The highest BCUT2D eigenvalue weighted by Crippen LogP contribution is 2.20. The van der Waals surface area contributed by atoms with Crippen LogP contribution in [0.3, 0.4) is 0 Å². The van der Waals surface area contributed by atoms with Crippen molar-refractivity contribution in [3.8, 4) is 0 Å². The van der Waals surface area contributed by atoms with Crippen LogP contribution in [0.2, 0.25) is 0 Å². The Morgan fingerprint density at radius 2 is 1.74 bits per heavy atom. The van der Waals surface area contributed by atoms with E-state index in [4.69, 9.17) is 10.5 Å². The molecule has 0 radical (unpaired) electrons. The molecule has 0 bridgehead atoms. The molecule has 7 heteroatoms. The SMILES string of the molecule is Cl.Cl.NC(C(=O)NCC1CCN(Cc2ccccc2)CC1)C1CCOCC1. The molecular weight excluding hydrogens is 385 g/mol. The molecule has 27 heavy (non-hydrogen) atoms. The van der Waals surface area contributed by atoms with Crippen molar-refractivity contribution in [3.05, 3.63) is 35.9 Å². The molecule has 1 unspecified atom stereocenters. The van der Waals surface area contributed by atoms with Crippen molar-refractivity contribution in [2.45, 2.75) is 38.3 Å². The fourth-order valence-electron chi connectivity index (χ4n) is 3.84. The van der Waals surface area contributed by atoms with Crippen LogP contribution >= 0.6 is 24.8 Å². The highest BCUT2D eigenvalue weighted by Gasteiger charge is 2.27. The Bertz CT molecular complexity index is 533. The Labute approximate surface area is 175 Å². The summed E-state index contributed by atoms with van der Waals surface area (Å²) >= 11 is 0. The van der Waals surface area contributed by atoms with E-state index in [0.29, 0.717) is 5.92 Å². The summed E-state index contributed by atoms with van der Waals surface area (Å²) in [7, 11) is 0. The molecule has 1 aromatic carbocycles. The lowest BCUT2D eigenvalue weighted by Gasteiger charge is -2.32. The van der Waals surface area contributed by atoms with E-state index >= 15 is 0 Å². The quantitative estimate of drug-likeness (QED) is 0.746. The summed E-state index contributed by atoms with van der Waals surface area (Å²) in [5.41, 5.74) is 7.51. The van der Waals surface area contributed by atoms with Crippen molar-refractivity contribution in [1.29, 1.82) is 0 Å². The molecule has 2 aliphatic rings. The van der Waals surface area contributed by atoms with Gasteiger partial charge in [0.25, 0.3) is 0 Å². The first-order valence-corrected chi connectivity index (χ1v) is 9.59. The van der Waals surface area contributed by atoms with Crippen molar-refractivity contribution in [3.63, 3.8) is 0 Å². The van der Waals surface area contributed by atoms with Crippen LogP contribution in [-0.2, 0) is 16.1 Å². The molecule has 154 valence electrons. The standard InChI is InChI=1S/C20H31N3O2.2ClH/c21-19(18-8-12-25-13-9-18)20(24)22-14-16-6-10-23(11-7-16)15-17-4-2-1-3-5-17;;/h1-5,16,18-19H,6-15,21H2,(H,22,24);2*1H. The van der Waals surface area contributed by atoms with E-state index in [1.54, 1.807) is 0 Å². The predicted octanol–water partition coefficient (Wildman–Crippen LogP) is 2.61. The summed E-state index contributed by atoms with van der Waals surface area (Å²) in [4.78, 5) is 14.8. The number of carbonyl (C=O) groups is 1. The molecule has 0 aromatic heterocycles. The second-order valence-corrected chi connectivity index (χ2v) is 7.43. The number of rotatable bonds is 6. The summed E-state index contributed by atoms with van der Waals surface area (Å²) < 4.78 is 5.35. The van der Waals surface area contributed by atoms with Gasteiger partial charge in [0.05, 0.1) is 6.04 Å². The van der Waals surface area contributed by atoms with Crippen LogP contribution in [0.1, 0.15) is 31.2 Å². The third-order valence-corrected chi connectivity index (χ3v) is 5.60. The number of nitrogens with two attached hydrogens (primary N) is 1. The molecule has 1 amide bonds. The molecule has 5 nitrogen and oxygen atoms in total. The van der Waals surface area contributed by atoms with Crippen LogP contribution in [0.5, 0.6) is 0 Å². The van der Waals surface area contributed by atoms with Crippen LogP contribution in [0.15, 0.2) is 30.3 Å². The maximum absolute atomic E-state index is 12.3. The van der Waals surface area contributed by atoms with Gasteiger partial charge in [-0.05, 0) is 56.2 Å². The summed E-state index contributed by atoms with van der Waals surface area (Å²) in [5, 5.41) is 3.09. The van der Waals surface area contributed by atoms with E-state index in [9.17, 15) is 4.79 Å². The van der Waals surface area contributed by atoms with E-state index in [1.165, 1.54) is 5.56 Å². The van der Waals surface area contributed by atoms with E-state index in [2.05, 4.69) is 40.5 Å². The van der Waals surface area contributed by atoms with Gasteiger partial charge in [0.15, 0.2) is 0 Å². The molecule has 0 aliphatic carbocycles. The third kappa shape index (κ3) is 7.59. The average molecular weight is 418 g/mol. The molecule has 0 saturated carbocycles. The summed E-state index contributed by atoms with van der Waals surface area (Å²) in [5.74, 6) is 0.845. The zero-order valence-electron chi connectivity index (χ0n) is 15.8. The number of halogens is 2. The van der Waals surface area contributed by atoms with Gasteiger partial charge < -0.3 is 15.8 Å². The van der Waals surface area contributed by atoms with E-state index < -0.39 is 0 Å². The van der Waals surface area contributed by atoms with E-state index in [1.807, 2.05) is 0 Å². The zero-order chi connectivity index (χ0) is 17.5. The monoisotopic (exact) mass is 417 g/mol. The first-order chi connectivity index (χ1) is 12.2. The van der Waals surface area contributed by atoms with Gasteiger partial charge >= 0.3 is 0 Å². The molecule has 3 N–H and O–H groups in total. The minimum absolute atomic E-state index is 0. The Morgan fingerprint density at radius 3 is 2.37 bits per heavy atom. The average Bonchev–Trinajstić information content (AvgIpc) is 2.68. The van der Waals surface area contributed by atoms with Gasteiger partial charge in [0, 0.05) is 26.3 Å². The van der Waals surface area contributed by atoms with Gasteiger partial charge in [0.1, 0.15) is 0 Å². The number of hydrogen-bond donors (Lipinski definition) is 2. The second kappa shape index (κ2) is 12.6. The fraction of sp³-hybridized carbons (Fsp3) is 0.650. The lowest BCUT2D eigenvalue weighted by molar-refractivity contribution is -0.124. The highest BCUT2D eigenvalue weighted by molar-refractivity contribution is 5.85. The van der Waals surface area contributed by atoms with Crippen molar-refractivity contribution >= 4 is 30.7 Å². The van der Waals surface area contributed by atoms with Gasteiger partial charge in [-0.3, -0.25) is 9.69 Å². The minimum Gasteiger partial charge on any atom is -0.381 e. The molecule has 2 fully saturated rings. The highest BCUT2D eigenvalue weighted by atomic mass is 35.5. The first-order valence-electron chi connectivity index (χ1n) is 9.59. The molecule has 2 heterocycles. The molecule has 0 spiro atoms. The Morgan fingerprint density at radius 1 is 1.11 bits per heavy atom. The molecular formula is C20H33Cl2N3O2. The van der Waals surface area contributed by atoms with Crippen LogP contribution in [0.4, 0.5) is 0 Å². The number of carbonyl (C=O) groups excluding carboxylic acids is 1. The van der Waals surface area contributed by atoms with Crippen molar-refractivity contribution in [1.82, 2.24) is 10.2 Å². The number of hydrogen-bond acceptors (Lipinski definition) is 4. The summed E-state index contributed by atoms with van der Waals surface area (Å²) in [6.45, 7) is 5.43. The summed E-state index contributed by atoms with van der Waals surface area (Å²) in [6.07, 6.45) is 4.07. The Hall–Kier alpha value is -0.850. The lowest BCUT2D eigenvalue weighted by Crippen LogP contribution is -2.48. The van der Waals surface area contributed by atoms with Crippen LogP contribution in [-0.4, -0.2) is 49.7 Å². The van der Waals surface area contributed by atoms with Crippen molar-refractivity contribution < 1.29 is 9.53 Å². The zero-order valence-corrected chi connectivity index (χ0v) is 17.5. The van der Waals surface area contributed by atoms with Gasteiger partial charge in [0.2, 0.25) is 5.91 Å². The number of piperidine rings is 1. The maximum Gasteiger partial charge on any atom is 0.237 e. The predicted molar refractivity (Wildman–Crippen MR) is 113 cm³/mol. The molecule has 2 saturated heterocycles. The second-order valence-electron chi connectivity index (χ2n) is 7.43. The van der Waals surface area contributed by atoms with Crippen molar-refractivity contribution in [2.24, 2.45) is 17.6 Å². The Kier molecular flexibility index (Phi) is 11.3. The number of nitrogens with zero attached hydrogens (tertiary/aromatic N) is 1. The van der Waals surface area contributed by atoms with Crippen LogP contribution in [0.25, 0.3) is 0 Å². The van der Waals surface area contributed by atoms with Gasteiger partial charge in [-0.1, -0.05) is 30.3 Å². The van der Waals surface area contributed by atoms with Crippen LogP contribution < -0.4 is 11.1 Å². The number of likely N-dealkylation sites (tertiary alicyclic amines) is 1. The van der Waals surface area contributed by atoms with Crippen LogP contribution in [0, 0.1) is 11.8 Å². The number of ether oxygens (including phenoxy) is 1. The number of amides is 1. The largest absolute Gasteiger partial charge is 0.381 e. The minimum atomic E-state index is -0.387. The molecule has 1 aromatic rings. The number of nitrogens with one attached hydrogen (secondary N) is 1. The fourth-order valence-corrected chi connectivity index (χ4v) is 3.84. The van der Waals surface area contributed by atoms with E-state index in [0.717, 1.165) is 65.1 Å². The first kappa shape index (κ1) is 24.2. The van der Waals surface area contributed by atoms with Gasteiger partial charge in [-0.25, -0.2) is 0 Å². The number of benzene rings is 1.